The summed E-state index contributed by atoms with van der Waals surface area (Å²) >= 11 is 0. The van der Waals surface area contributed by atoms with Gasteiger partial charge < -0.3 is 4.74 Å². The van der Waals surface area contributed by atoms with E-state index in [9.17, 15) is 4.21 Å². The molecule has 1 aliphatic rings. The van der Waals surface area contributed by atoms with Crippen LogP contribution in [-0.4, -0.2) is 39.6 Å². The van der Waals surface area contributed by atoms with E-state index in [2.05, 4.69) is 0 Å². The second-order valence-corrected chi connectivity index (χ2v) is 6.14. The summed E-state index contributed by atoms with van der Waals surface area (Å²) in [5.74, 6) is 0. The Morgan fingerprint density at radius 2 is 1.75 bits per heavy atom. The van der Waals surface area contributed by atoms with Gasteiger partial charge in [-0.15, -0.1) is 0 Å². The van der Waals surface area contributed by atoms with Crippen LogP contribution < -0.4 is 0 Å². The summed E-state index contributed by atoms with van der Waals surface area (Å²) in [6.07, 6.45) is 0. The van der Waals surface area contributed by atoms with Gasteiger partial charge in [-0.25, -0.2) is 8.51 Å². The second-order valence-electron chi connectivity index (χ2n) is 3.90. The van der Waals surface area contributed by atoms with Crippen LogP contribution in [0.25, 0.3) is 0 Å². The van der Waals surface area contributed by atoms with Gasteiger partial charge in [-0.2, -0.15) is 0 Å². The molecule has 12 heavy (non-hydrogen) atoms. The van der Waals surface area contributed by atoms with Crippen molar-refractivity contribution in [2.45, 2.75) is 25.5 Å². The van der Waals surface area contributed by atoms with Crippen LogP contribution in [0.2, 0.25) is 0 Å². The van der Waals surface area contributed by atoms with E-state index in [1.165, 1.54) is 0 Å². The number of ether oxygens (including phenoxy) is 1. The maximum absolute atomic E-state index is 11.8. The van der Waals surface area contributed by atoms with Crippen molar-refractivity contribution in [3.63, 3.8) is 0 Å². The normalized spacial score (nSPS) is 23.9. The first kappa shape index (κ1) is 10.2. The van der Waals surface area contributed by atoms with Gasteiger partial charge in [-0.3, -0.25) is 0 Å². The molecule has 1 fully saturated rings. The molecule has 0 radical (unpaired) electrons. The predicted molar refractivity (Wildman–Crippen MR) is 50.3 cm³/mol. The Kier molecular flexibility index (Phi) is 3.26. The Morgan fingerprint density at radius 3 is 2.17 bits per heavy atom. The zero-order valence-electron chi connectivity index (χ0n) is 8.00. The molecule has 0 bridgehead atoms. The maximum atomic E-state index is 11.8. The Hall–Kier alpha value is 0.0700. The Morgan fingerprint density at radius 1 is 1.25 bits per heavy atom. The van der Waals surface area contributed by atoms with Crippen molar-refractivity contribution in [3.05, 3.63) is 0 Å². The average molecular weight is 193 g/mol. The second kappa shape index (κ2) is 3.85. The molecule has 1 rings (SSSR count). The van der Waals surface area contributed by atoms with Crippen molar-refractivity contribution in [3.8, 4) is 0 Å². The zero-order valence-corrected chi connectivity index (χ0v) is 8.82. The van der Waals surface area contributed by atoms with Gasteiger partial charge in [-0.1, -0.05) is 0 Å². The summed E-state index contributed by atoms with van der Waals surface area (Å²) in [5.41, 5.74) is 0. The van der Waals surface area contributed by atoms with Crippen molar-refractivity contribution >= 4 is 11.0 Å². The number of nitrogens with zero attached hydrogens (tertiary/aromatic N) is 1. The van der Waals surface area contributed by atoms with Crippen molar-refractivity contribution in [2.24, 2.45) is 0 Å². The molecular formula is C8H17NO2S. The van der Waals surface area contributed by atoms with Crippen LogP contribution in [0.1, 0.15) is 20.8 Å². The van der Waals surface area contributed by atoms with E-state index in [4.69, 9.17) is 4.74 Å². The van der Waals surface area contributed by atoms with E-state index in [1.54, 1.807) is 0 Å². The molecule has 1 saturated heterocycles. The molecule has 3 nitrogen and oxygen atoms in total. The van der Waals surface area contributed by atoms with Crippen molar-refractivity contribution in [1.82, 2.24) is 4.31 Å². The Labute approximate surface area is 76.7 Å². The van der Waals surface area contributed by atoms with Crippen LogP contribution >= 0.6 is 0 Å². The molecule has 72 valence electrons. The van der Waals surface area contributed by atoms with Gasteiger partial charge in [0.1, 0.15) is 0 Å². The molecule has 0 N–H and O–H groups in total. The minimum absolute atomic E-state index is 0.142. The first-order chi connectivity index (χ1) is 5.52. The molecule has 0 aliphatic carbocycles. The van der Waals surface area contributed by atoms with Crippen molar-refractivity contribution in [2.75, 3.05) is 26.3 Å². The van der Waals surface area contributed by atoms with E-state index < -0.39 is 11.0 Å². The van der Waals surface area contributed by atoms with Crippen LogP contribution in [0.3, 0.4) is 0 Å². The molecular weight excluding hydrogens is 176 g/mol. The topological polar surface area (TPSA) is 29.5 Å². The molecule has 1 heterocycles. The quantitative estimate of drug-likeness (QED) is 0.576. The third kappa shape index (κ3) is 2.54. The van der Waals surface area contributed by atoms with Crippen molar-refractivity contribution in [1.29, 1.82) is 0 Å². The Balaban J connectivity index is 2.51. The summed E-state index contributed by atoms with van der Waals surface area (Å²) in [5, 5.41) is 0. The molecule has 0 aromatic heterocycles. The Bertz CT molecular complexity index is 170. The van der Waals surface area contributed by atoms with Gasteiger partial charge in [0.05, 0.1) is 28.9 Å². The zero-order chi connectivity index (χ0) is 9.19. The molecule has 0 aromatic rings. The fourth-order valence-electron chi connectivity index (χ4n) is 1.10. The largest absolute Gasteiger partial charge is 0.379 e. The minimum atomic E-state index is -0.870. The fraction of sp³-hybridized carbons (Fsp3) is 1.00. The van der Waals surface area contributed by atoms with Gasteiger partial charge in [0.25, 0.3) is 0 Å². The number of hydrogen-bond donors (Lipinski definition) is 0. The molecule has 4 heteroatoms. The highest BCUT2D eigenvalue weighted by Crippen LogP contribution is 2.16. The highest BCUT2D eigenvalue weighted by atomic mass is 32.2. The smallest absolute Gasteiger partial charge is 0.0998 e. The van der Waals surface area contributed by atoms with Crippen LogP contribution in [0.15, 0.2) is 0 Å². The molecule has 1 atom stereocenters. The molecule has 0 aromatic carbocycles. The molecule has 1 aliphatic heterocycles. The predicted octanol–water partition coefficient (Wildman–Crippen LogP) is 0.781. The van der Waals surface area contributed by atoms with Gasteiger partial charge in [0, 0.05) is 13.1 Å². The summed E-state index contributed by atoms with van der Waals surface area (Å²) < 4.78 is 18.8. The molecule has 0 saturated carbocycles. The minimum Gasteiger partial charge on any atom is -0.379 e. The molecule has 0 amide bonds. The fourth-order valence-corrected chi connectivity index (χ4v) is 2.36. The van der Waals surface area contributed by atoms with Crippen LogP contribution in [0.5, 0.6) is 0 Å². The van der Waals surface area contributed by atoms with Gasteiger partial charge in [0.15, 0.2) is 0 Å². The highest BCUT2D eigenvalue weighted by molar-refractivity contribution is 7.84. The summed E-state index contributed by atoms with van der Waals surface area (Å²) in [6.45, 7) is 9.01. The summed E-state index contributed by atoms with van der Waals surface area (Å²) in [6, 6.07) is 0. The maximum Gasteiger partial charge on any atom is 0.0998 e. The lowest BCUT2D eigenvalue weighted by Gasteiger charge is -2.31. The van der Waals surface area contributed by atoms with Gasteiger partial charge in [0.2, 0.25) is 0 Å². The SMILES string of the molecule is CC(C)(C)S(=[18O])N1CCOCC1. The number of rotatable bonds is 1. The average Bonchev–Trinajstić information content (AvgIpc) is 2.03. The van der Waals surface area contributed by atoms with E-state index in [0.717, 1.165) is 13.1 Å². The van der Waals surface area contributed by atoms with Crippen LogP contribution in [0, 0.1) is 0 Å². The monoisotopic (exact) mass is 193 g/mol. The first-order valence-electron chi connectivity index (χ1n) is 4.26. The lowest BCUT2D eigenvalue weighted by molar-refractivity contribution is 0.0745. The van der Waals surface area contributed by atoms with Crippen molar-refractivity contribution < 1.29 is 8.95 Å². The lowest BCUT2D eigenvalue weighted by Crippen LogP contribution is -2.43. The van der Waals surface area contributed by atoms with E-state index in [0.29, 0.717) is 13.2 Å². The van der Waals surface area contributed by atoms with Gasteiger partial charge >= 0.3 is 0 Å². The van der Waals surface area contributed by atoms with E-state index in [-0.39, 0.29) is 4.75 Å². The van der Waals surface area contributed by atoms with Crippen LogP contribution in [-0.2, 0) is 15.7 Å². The third-order valence-electron chi connectivity index (χ3n) is 1.73. The van der Waals surface area contributed by atoms with E-state index >= 15 is 0 Å². The lowest BCUT2D eigenvalue weighted by atomic mass is 10.3. The standard InChI is InChI=1S/C8H17NO2S/c1-8(2,3)12(10)9-4-6-11-7-5-9/h4-7H2,1-3H3/i10+2. The third-order valence-corrected chi connectivity index (χ3v) is 3.61. The molecule has 1 unspecified atom stereocenters. The summed E-state index contributed by atoms with van der Waals surface area (Å²) in [7, 11) is -0.870. The van der Waals surface area contributed by atoms with E-state index in [1.807, 2.05) is 25.1 Å². The molecule has 0 spiro atoms. The number of hydrogen-bond acceptors (Lipinski definition) is 2. The first-order valence-corrected chi connectivity index (χ1v) is 5.37. The number of morpholine rings is 1. The van der Waals surface area contributed by atoms with Gasteiger partial charge in [-0.05, 0) is 20.8 Å². The summed E-state index contributed by atoms with van der Waals surface area (Å²) in [4.78, 5) is 0. The highest BCUT2D eigenvalue weighted by Gasteiger charge is 2.27. The van der Waals surface area contributed by atoms with Crippen LogP contribution in [0.4, 0.5) is 0 Å².